The first-order valence-electron chi connectivity index (χ1n) is 7.47. The standard InChI is InChI=1S/C17H21N3O/c21-16-6-4-15(5-7-16)8-10-19-11-13-20(14-12-19)17-3-1-2-9-18-17/h1-7,9,21H,8,10-14H2. The third-order valence-electron chi connectivity index (χ3n) is 4.00. The van der Waals surface area contributed by atoms with Crippen molar-refractivity contribution in [1.82, 2.24) is 9.88 Å². The van der Waals surface area contributed by atoms with Gasteiger partial charge in [0.1, 0.15) is 11.6 Å². The number of hydrogen-bond donors (Lipinski definition) is 1. The molecule has 1 aromatic carbocycles. The highest BCUT2D eigenvalue weighted by molar-refractivity contribution is 5.38. The molecule has 0 bridgehead atoms. The maximum Gasteiger partial charge on any atom is 0.128 e. The number of aromatic nitrogens is 1. The van der Waals surface area contributed by atoms with Gasteiger partial charge in [0.15, 0.2) is 0 Å². The van der Waals surface area contributed by atoms with Gasteiger partial charge in [-0.1, -0.05) is 18.2 Å². The molecule has 3 rings (SSSR count). The molecule has 1 saturated heterocycles. The van der Waals surface area contributed by atoms with Crippen LogP contribution in [0.5, 0.6) is 5.75 Å². The van der Waals surface area contributed by atoms with Crippen molar-refractivity contribution >= 4 is 5.82 Å². The van der Waals surface area contributed by atoms with Gasteiger partial charge in [-0.2, -0.15) is 0 Å². The van der Waals surface area contributed by atoms with E-state index in [1.165, 1.54) is 5.56 Å². The normalized spacial score (nSPS) is 16.1. The second-order valence-corrected chi connectivity index (χ2v) is 5.43. The minimum atomic E-state index is 0.336. The van der Waals surface area contributed by atoms with Gasteiger partial charge in [0.05, 0.1) is 0 Å². The van der Waals surface area contributed by atoms with E-state index in [1.54, 1.807) is 12.1 Å². The lowest BCUT2D eigenvalue weighted by atomic mass is 10.1. The maximum atomic E-state index is 9.29. The van der Waals surface area contributed by atoms with Crippen LogP contribution in [-0.4, -0.2) is 47.7 Å². The average Bonchev–Trinajstić information content (AvgIpc) is 2.56. The summed E-state index contributed by atoms with van der Waals surface area (Å²) in [6.07, 6.45) is 2.89. The predicted molar refractivity (Wildman–Crippen MR) is 84.7 cm³/mol. The SMILES string of the molecule is Oc1ccc(CCN2CCN(c3ccccn3)CC2)cc1. The van der Waals surface area contributed by atoms with E-state index >= 15 is 0 Å². The summed E-state index contributed by atoms with van der Waals surface area (Å²) < 4.78 is 0. The van der Waals surface area contributed by atoms with Crippen molar-refractivity contribution in [3.8, 4) is 5.75 Å². The minimum Gasteiger partial charge on any atom is -0.508 e. The fraction of sp³-hybridized carbons (Fsp3) is 0.353. The van der Waals surface area contributed by atoms with Crippen LogP contribution in [0.1, 0.15) is 5.56 Å². The Kier molecular flexibility index (Phi) is 4.36. The topological polar surface area (TPSA) is 39.6 Å². The van der Waals surface area contributed by atoms with Crippen LogP contribution in [0.4, 0.5) is 5.82 Å². The number of pyridine rings is 1. The number of piperazine rings is 1. The number of hydrogen-bond acceptors (Lipinski definition) is 4. The Labute approximate surface area is 125 Å². The van der Waals surface area contributed by atoms with Crippen LogP contribution in [0.25, 0.3) is 0 Å². The fourth-order valence-electron chi connectivity index (χ4n) is 2.69. The van der Waals surface area contributed by atoms with E-state index in [1.807, 2.05) is 30.5 Å². The molecule has 1 fully saturated rings. The molecule has 110 valence electrons. The van der Waals surface area contributed by atoms with E-state index in [2.05, 4.69) is 20.9 Å². The molecule has 0 radical (unpaired) electrons. The fourth-order valence-corrected chi connectivity index (χ4v) is 2.69. The van der Waals surface area contributed by atoms with E-state index in [9.17, 15) is 5.11 Å². The van der Waals surface area contributed by atoms with Gasteiger partial charge in [0.25, 0.3) is 0 Å². The van der Waals surface area contributed by atoms with Crippen molar-refractivity contribution in [3.05, 3.63) is 54.2 Å². The lowest BCUT2D eigenvalue weighted by molar-refractivity contribution is 0.260. The molecule has 0 unspecified atom stereocenters. The Bertz CT molecular complexity index is 548. The minimum absolute atomic E-state index is 0.336. The maximum absolute atomic E-state index is 9.29. The van der Waals surface area contributed by atoms with Crippen molar-refractivity contribution in [2.75, 3.05) is 37.6 Å². The molecular formula is C17H21N3O. The van der Waals surface area contributed by atoms with E-state index in [0.717, 1.165) is 45.0 Å². The highest BCUT2D eigenvalue weighted by Crippen LogP contribution is 2.14. The molecule has 0 spiro atoms. The van der Waals surface area contributed by atoms with Crippen molar-refractivity contribution in [2.24, 2.45) is 0 Å². The van der Waals surface area contributed by atoms with Crippen molar-refractivity contribution in [2.45, 2.75) is 6.42 Å². The molecule has 4 nitrogen and oxygen atoms in total. The largest absolute Gasteiger partial charge is 0.508 e. The Morgan fingerprint density at radius 1 is 0.952 bits per heavy atom. The number of nitrogens with zero attached hydrogens (tertiary/aromatic N) is 3. The summed E-state index contributed by atoms with van der Waals surface area (Å²) in [6, 6.07) is 13.6. The Hall–Kier alpha value is -2.07. The van der Waals surface area contributed by atoms with Crippen LogP contribution >= 0.6 is 0 Å². The van der Waals surface area contributed by atoms with Gasteiger partial charge in [-0.05, 0) is 36.2 Å². The van der Waals surface area contributed by atoms with Crippen LogP contribution < -0.4 is 4.90 Å². The molecule has 4 heteroatoms. The quantitative estimate of drug-likeness (QED) is 0.933. The third-order valence-corrected chi connectivity index (χ3v) is 4.00. The molecule has 0 atom stereocenters. The van der Waals surface area contributed by atoms with E-state index in [0.29, 0.717) is 5.75 Å². The van der Waals surface area contributed by atoms with Crippen molar-refractivity contribution in [3.63, 3.8) is 0 Å². The Balaban J connectivity index is 1.47. The number of phenols is 1. The van der Waals surface area contributed by atoms with E-state index in [-0.39, 0.29) is 0 Å². The highest BCUT2D eigenvalue weighted by Gasteiger charge is 2.17. The van der Waals surface area contributed by atoms with Gasteiger partial charge < -0.3 is 10.0 Å². The second-order valence-electron chi connectivity index (χ2n) is 5.43. The molecule has 1 N–H and O–H groups in total. The summed E-state index contributed by atoms with van der Waals surface area (Å²) in [7, 11) is 0. The molecule has 1 aromatic heterocycles. The first-order chi connectivity index (χ1) is 10.3. The van der Waals surface area contributed by atoms with Crippen molar-refractivity contribution < 1.29 is 5.11 Å². The number of aromatic hydroxyl groups is 1. The highest BCUT2D eigenvalue weighted by atomic mass is 16.3. The van der Waals surface area contributed by atoms with Crippen molar-refractivity contribution in [1.29, 1.82) is 0 Å². The second kappa shape index (κ2) is 6.59. The molecule has 2 heterocycles. The first kappa shape index (κ1) is 13.9. The van der Waals surface area contributed by atoms with Gasteiger partial charge in [0, 0.05) is 38.9 Å². The Morgan fingerprint density at radius 2 is 1.71 bits per heavy atom. The monoisotopic (exact) mass is 283 g/mol. The summed E-state index contributed by atoms with van der Waals surface area (Å²) >= 11 is 0. The molecular weight excluding hydrogens is 262 g/mol. The van der Waals surface area contributed by atoms with Gasteiger partial charge >= 0.3 is 0 Å². The molecule has 0 amide bonds. The molecule has 0 aliphatic carbocycles. The van der Waals surface area contributed by atoms with Gasteiger partial charge in [-0.3, -0.25) is 4.90 Å². The lowest BCUT2D eigenvalue weighted by Crippen LogP contribution is -2.47. The number of rotatable bonds is 4. The summed E-state index contributed by atoms with van der Waals surface area (Å²) in [5.74, 6) is 1.42. The third kappa shape index (κ3) is 3.73. The summed E-state index contributed by atoms with van der Waals surface area (Å²) in [4.78, 5) is 9.25. The zero-order chi connectivity index (χ0) is 14.5. The summed E-state index contributed by atoms with van der Waals surface area (Å²) in [6.45, 7) is 5.29. The van der Waals surface area contributed by atoms with Crippen LogP contribution in [0.15, 0.2) is 48.7 Å². The van der Waals surface area contributed by atoms with Crippen LogP contribution in [-0.2, 0) is 6.42 Å². The van der Waals surface area contributed by atoms with Crippen LogP contribution in [0, 0.1) is 0 Å². The Morgan fingerprint density at radius 3 is 2.38 bits per heavy atom. The van der Waals surface area contributed by atoms with Crippen LogP contribution in [0.3, 0.4) is 0 Å². The number of benzene rings is 1. The predicted octanol–water partition coefficient (Wildman–Crippen LogP) is 2.15. The number of phenolic OH excluding ortho intramolecular Hbond substituents is 1. The molecule has 0 saturated carbocycles. The molecule has 21 heavy (non-hydrogen) atoms. The summed E-state index contributed by atoms with van der Waals surface area (Å²) in [5, 5.41) is 9.29. The average molecular weight is 283 g/mol. The lowest BCUT2D eigenvalue weighted by Gasteiger charge is -2.35. The van der Waals surface area contributed by atoms with Crippen LogP contribution in [0.2, 0.25) is 0 Å². The van der Waals surface area contributed by atoms with E-state index < -0.39 is 0 Å². The van der Waals surface area contributed by atoms with E-state index in [4.69, 9.17) is 0 Å². The van der Waals surface area contributed by atoms with Gasteiger partial charge in [0.2, 0.25) is 0 Å². The zero-order valence-electron chi connectivity index (χ0n) is 12.2. The summed E-state index contributed by atoms with van der Waals surface area (Å²) in [5.41, 5.74) is 1.28. The molecule has 2 aromatic rings. The molecule has 1 aliphatic rings. The number of anilines is 1. The zero-order valence-corrected chi connectivity index (χ0v) is 12.2. The van der Waals surface area contributed by atoms with Gasteiger partial charge in [-0.15, -0.1) is 0 Å². The van der Waals surface area contributed by atoms with Gasteiger partial charge in [-0.25, -0.2) is 4.98 Å². The molecule has 1 aliphatic heterocycles. The smallest absolute Gasteiger partial charge is 0.128 e. The first-order valence-corrected chi connectivity index (χ1v) is 7.47.